The van der Waals surface area contributed by atoms with Crippen LogP contribution >= 0.6 is 0 Å². The number of allylic oxidation sites excluding steroid dienone is 2. The second kappa shape index (κ2) is 5.42. The summed E-state index contributed by atoms with van der Waals surface area (Å²) in [6, 6.07) is 0. The van der Waals surface area contributed by atoms with Gasteiger partial charge in [0, 0.05) is 13.6 Å². The summed E-state index contributed by atoms with van der Waals surface area (Å²) in [6.45, 7) is 6.86. The highest BCUT2D eigenvalue weighted by Crippen LogP contribution is 1.86. The van der Waals surface area contributed by atoms with Gasteiger partial charge >= 0.3 is 0 Å². The zero-order valence-corrected chi connectivity index (χ0v) is 6.30. The summed E-state index contributed by atoms with van der Waals surface area (Å²) in [7, 11) is 2.06. The van der Waals surface area contributed by atoms with Gasteiger partial charge in [0.1, 0.15) is 0 Å². The molecule has 0 saturated carbocycles. The molecule has 52 valence electrons. The van der Waals surface area contributed by atoms with E-state index in [0.29, 0.717) is 0 Å². The van der Waals surface area contributed by atoms with Gasteiger partial charge in [-0.2, -0.15) is 0 Å². The van der Waals surface area contributed by atoms with Gasteiger partial charge in [-0.25, -0.2) is 0 Å². The quantitative estimate of drug-likeness (QED) is 0.520. The lowest BCUT2D eigenvalue weighted by Gasteiger charge is -2.10. The second-order valence-corrected chi connectivity index (χ2v) is 2.06. The molecule has 0 heterocycles. The molecule has 1 nitrogen and oxygen atoms in total. The van der Waals surface area contributed by atoms with Crippen molar-refractivity contribution in [3.05, 3.63) is 24.9 Å². The van der Waals surface area contributed by atoms with Gasteiger partial charge in [-0.1, -0.05) is 19.6 Å². The molecule has 0 aromatic carbocycles. The highest BCUT2D eigenvalue weighted by Gasteiger charge is 1.83. The summed E-state index contributed by atoms with van der Waals surface area (Å²) in [5.74, 6) is 0. The Morgan fingerprint density at radius 3 is 2.67 bits per heavy atom. The molecule has 0 radical (unpaired) electrons. The van der Waals surface area contributed by atoms with Crippen LogP contribution in [-0.2, 0) is 0 Å². The topological polar surface area (TPSA) is 3.24 Å². The molecule has 0 aliphatic heterocycles. The van der Waals surface area contributed by atoms with E-state index in [0.717, 1.165) is 6.54 Å². The van der Waals surface area contributed by atoms with Crippen molar-refractivity contribution in [2.75, 3.05) is 13.6 Å². The van der Waals surface area contributed by atoms with E-state index in [9.17, 15) is 0 Å². The summed E-state index contributed by atoms with van der Waals surface area (Å²) in [6.07, 6.45) is 6.94. The minimum atomic E-state index is 1.12. The van der Waals surface area contributed by atoms with Crippen LogP contribution in [0.25, 0.3) is 0 Å². The van der Waals surface area contributed by atoms with Crippen LogP contribution in [0.5, 0.6) is 0 Å². The standard InChI is InChI=1S/C8H15N/c1-4-6-8-9(3)7-5-2/h4,6,8H,1,5,7H2,2-3H3/b8-6+. The SMILES string of the molecule is C=C/C=C/N(C)CCC. The molecule has 0 aromatic heterocycles. The molecule has 0 bridgehead atoms. The average molecular weight is 125 g/mol. The van der Waals surface area contributed by atoms with Crippen LogP contribution in [0.1, 0.15) is 13.3 Å². The summed E-state index contributed by atoms with van der Waals surface area (Å²) >= 11 is 0. The minimum Gasteiger partial charge on any atom is -0.380 e. The molecule has 0 aliphatic rings. The van der Waals surface area contributed by atoms with Crippen LogP contribution in [0, 0.1) is 0 Å². The van der Waals surface area contributed by atoms with Crippen molar-refractivity contribution in [2.24, 2.45) is 0 Å². The summed E-state index contributed by atoms with van der Waals surface area (Å²) in [5, 5.41) is 0. The fourth-order valence-corrected chi connectivity index (χ4v) is 0.635. The minimum absolute atomic E-state index is 1.12. The van der Waals surface area contributed by atoms with Gasteiger partial charge in [-0.3, -0.25) is 0 Å². The summed E-state index contributed by atoms with van der Waals surface area (Å²) < 4.78 is 0. The molecule has 0 spiro atoms. The van der Waals surface area contributed by atoms with Crippen molar-refractivity contribution < 1.29 is 0 Å². The highest BCUT2D eigenvalue weighted by atomic mass is 15.1. The molecular formula is C8H15N. The fraction of sp³-hybridized carbons (Fsp3) is 0.500. The van der Waals surface area contributed by atoms with Crippen molar-refractivity contribution in [3.8, 4) is 0 Å². The van der Waals surface area contributed by atoms with Crippen LogP contribution in [0.15, 0.2) is 24.9 Å². The van der Waals surface area contributed by atoms with Crippen molar-refractivity contribution >= 4 is 0 Å². The Labute approximate surface area is 57.7 Å². The molecule has 0 atom stereocenters. The van der Waals surface area contributed by atoms with Gasteiger partial charge in [0.2, 0.25) is 0 Å². The third-order valence-electron chi connectivity index (χ3n) is 1.05. The first-order chi connectivity index (χ1) is 4.31. The molecule has 9 heavy (non-hydrogen) atoms. The van der Waals surface area contributed by atoms with Crippen LogP contribution in [-0.4, -0.2) is 18.5 Å². The Balaban J connectivity index is 3.35. The first-order valence-electron chi connectivity index (χ1n) is 3.30. The predicted molar refractivity (Wildman–Crippen MR) is 42.3 cm³/mol. The van der Waals surface area contributed by atoms with Crippen molar-refractivity contribution in [1.82, 2.24) is 4.90 Å². The predicted octanol–water partition coefficient (Wildman–Crippen LogP) is 2.03. The maximum atomic E-state index is 3.58. The Morgan fingerprint density at radius 1 is 1.56 bits per heavy atom. The normalized spacial score (nSPS) is 10.0. The van der Waals surface area contributed by atoms with Crippen LogP contribution < -0.4 is 0 Å². The fourth-order valence-electron chi connectivity index (χ4n) is 0.635. The highest BCUT2D eigenvalue weighted by molar-refractivity contribution is 4.95. The Kier molecular flexibility index (Phi) is 4.98. The van der Waals surface area contributed by atoms with E-state index in [1.807, 2.05) is 12.3 Å². The molecule has 0 rings (SSSR count). The Hall–Kier alpha value is -0.720. The van der Waals surface area contributed by atoms with Crippen molar-refractivity contribution in [2.45, 2.75) is 13.3 Å². The van der Waals surface area contributed by atoms with Gasteiger partial charge in [0.05, 0.1) is 0 Å². The van der Waals surface area contributed by atoms with Gasteiger partial charge in [-0.05, 0) is 18.7 Å². The first kappa shape index (κ1) is 8.28. The number of hydrogen-bond acceptors (Lipinski definition) is 1. The van der Waals surface area contributed by atoms with E-state index in [1.165, 1.54) is 6.42 Å². The lowest BCUT2D eigenvalue weighted by molar-refractivity contribution is 0.454. The monoisotopic (exact) mass is 125 g/mol. The van der Waals surface area contributed by atoms with Gasteiger partial charge < -0.3 is 4.90 Å². The molecule has 0 unspecified atom stereocenters. The molecule has 0 N–H and O–H groups in total. The van der Waals surface area contributed by atoms with Crippen molar-refractivity contribution in [3.63, 3.8) is 0 Å². The largest absolute Gasteiger partial charge is 0.380 e. The third-order valence-corrected chi connectivity index (χ3v) is 1.05. The van der Waals surface area contributed by atoms with E-state index in [2.05, 4.69) is 25.5 Å². The van der Waals surface area contributed by atoms with Gasteiger partial charge in [0.15, 0.2) is 0 Å². The molecule has 0 aromatic rings. The van der Waals surface area contributed by atoms with E-state index in [1.54, 1.807) is 6.08 Å². The van der Waals surface area contributed by atoms with Crippen LogP contribution in [0.2, 0.25) is 0 Å². The van der Waals surface area contributed by atoms with Gasteiger partial charge in [-0.15, -0.1) is 0 Å². The van der Waals surface area contributed by atoms with E-state index in [-0.39, 0.29) is 0 Å². The van der Waals surface area contributed by atoms with Crippen LogP contribution in [0.4, 0.5) is 0 Å². The third kappa shape index (κ3) is 5.15. The Bertz CT molecular complexity index is 94.7. The lowest BCUT2D eigenvalue weighted by Crippen LogP contribution is -2.10. The maximum absolute atomic E-state index is 3.58. The smallest absolute Gasteiger partial charge is 0.0166 e. The van der Waals surface area contributed by atoms with Crippen LogP contribution in [0.3, 0.4) is 0 Å². The molecule has 0 saturated heterocycles. The molecule has 0 fully saturated rings. The number of hydrogen-bond donors (Lipinski definition) is 0. The summed E-state index contributed by atoms with van der Waals surface area (Å²) in [4.78, 5) is 2.14. The van der Waals surface area contributed by atoms with E-state index >= 15 is 0 Å². The number of rotatable bonds is 4. The zero-order valence-electron chi connectivity index (χ0n) is 6.30. The van der Waals surface area contributed by atoms with E-state index < -0.39 is 0 Å². The second-order valence-electron chi connectivity index (χ2n) is 2.06. The average Bonchev–Trinajstić information content (AvgIpc) is 1.85. The van der Waals surface area contributed by atoms with E-state index in [4.69, 9.17) is 0 Å². The summed E-state index contributed by atoms with van der Waals surface area (Å²) in [5.41, 5.74) is 0. The maximum Gasteiger partial charge on any atom is 0.0166 e. The molecule has 1 heteroatoms. The zero-order chi connectivity index (χ0) is 7.11. The van der Waals surface area contributed by atoms with Gasteiger partial charge in [0.25, 0.3) is 0 Å². The molecule has 0 amide bonds. The molecule has 0 aliphatic carbocycles. The first-order valence-corrected chi connectivity index (χ1v) is 3.30. The number of nitrogens with zero attached hydrogens (tertiary/aromatic N) is 1. The molecular weight excluding hydrogens is 110 g/mol. The Morgan fingerprint density at radius 2 is 2.22 bits per heavy atom. The van der Waals surface area contributed by atoms with Crippen molar-refractivity contribution in [1.29, 1.82) is 0 Å². The lowest BCUT2D eigenvalue weighted by atomic mass is 10.4.